The second kappa shape index (κ2) is 8.57. The Bertz CT molecular complexity index is 1380. The average Bonchev–Trinajstić information content (AvgIpc) is 3.26. The lowest BCUT2D eigenvalue weighted by molar-refractivity contribution is 0.484. The molecule has 4 aromatic rings. The van der Waals surface area contributed by atoms with Crippen molar-refractivity contribution in [2.75, 3.05) is 0 Å². The lowest BCUT2D eigenvalue weighted by Crippen LogP contribution is -2.17. The first kappa shape index (κ1) is 20.6. The molecule has 0 aliphatic carbocycles. The maximum Gasteiger partial charge on any atom is 0.274 e. The molecule has 156 valence electrons. The van der Waals surface area contributed by atoms with Crippen LogP contribution in [-0.2, 0) is 24.9 Å². The van der Waals surface area contributed by atoms with Gasteiger partial charge in [0, 0.05) is 42.5 Å². The molecule has 0 fully saturated rings. The summed E-state index contributed by atoms with van der Waals surface area (Å²) in [4.78, 5) is 15.4. The summed E-state index contributed by atoms with van der Waals surface area (Å²) in [6.07, 6.45) is 3.44. The molecule has 1 unspecified atom stereocenters. The third kappa shape index (κ3) is 4.27. The molecule has 2 aromatic carbocycles. The van der Waals surface area contributed by atoms with Crippen LogP contribution in [0.2, 0.25) is 0 Å². The van der Waals surface area contributed by atoms with Crippen molar-refractivity contribution in [3.63, 3.8) is 0 Å². The fourth-order valence-corrected chi connectivity index (χ4v) is 3.63. The van der Waals surface area contributed by atoms with Gasteiger partial charge in [0.15, 0.2) is 0 Å². The minimum atomic E-state index is -2.14. The number of H-pyrrole nitrogens is 1. The second-order valence-electron chi connectivity index (χ2n) is 6.86. The van der Waals surface area contributed by atoms with E-state index in [1.165, 1.54) is 4.57 Å². The number of aromatic nitrogens is 2. The largest absolute Gasteiger partial charge is 0.457 e. The number of benzene rings is 2. The first-order valence-electron chi connectivity index (χ1n) is 9.28. The Labute approximate surface area is 180 Å². The van der Waals surface area contributed by atoms with E-state index in [1.54, 1.807) is 55.8 Å². The quantitative estimate of drug-likeness (QED) is 0.402. The van der Waals surface area contributed by atoms with Gasteiger partial charge in [0.1, 0.15) is 17.0 Å². The van der Waals surface area contributed by atoms with Crippen LogP contribution in [0, 0.1) is 11.3 Å². The summed E-state index contributed by atoms with van der Waals surface area (Å²) in [6, 6.07) is 16.1. The van der Waals surface area contributed by atoms with Gasteiger partial charge in [0.25, 0.3) is 5.56 Å². The van der Waals surface area contributed by atoms with Crippen molar-refractivity contribution in [3.05, 3.63) is 82.4 Å². The van der Waals surface area contributed by atoms with Crippen molar-refractivity contribution < 1.29 is 13.5 Å². The average molecular weight is 434 g/mol. The number of nitrogens with zero attached hydrogens (tertiary/aromatic N) is 2. The molecule has 2 heterocycles. The van der Waals surface area contributed by atoms with Crippen molar-refractivity contribution in [1.29, 1.82) is 5.26 Å². The summed E-state index contributed by atoms with van der Waals surface area (Å²) < 4.78 is 30.1. The van der Waals surface area contributed by atoms with E-state index in [-0.39, 0.29) is 12.1 Å². The Kier molecular flexibility index (Phi) is 5.68. The van der Waals surface area contributed by atoms with Gasteiger partial charge in [-0.15, -0.1) is 0 Å². The number of nitrogens with one attached hydrogen (secondary N) is 2. The molecule has 0 saturated heterocycles. The maximum atomic E-state index is 12.5. The molecule has 3 N–H and O–H groups in total. The number of aryl methyl sites for hydroxylation is 1. The highest BCUT2D eigenvalue weighted by Gasteiger charge is 2.16. The summed E-state index contributed by atoms with van der Waals surface area (Å²) in [5.74, 6) is 1.09. The lowest BCUT2D eigenvalue weighted by Gasteiger charge is -2.15. The van der Waals surface area contributed by atoms with Gasteiger partial charge in [-0.3, -0.25) is 9.35 Å². The summed E-state index contributed by atoms with van der Waals surface area (Å²) in [7, 11) is 1.67. The van der Waals surface area contributed by atoms with E-state index >= 15 is 0 Å². The highest BCUT2D eigenvalue weighted by atomic mass is 32.2. The van der Waals surface area contributed by atoms with Crippen molar-refractivity contribution in [3.8, 4) is 28.7 Å². The second-order valence-corrected chi connectivity index (χ2v) is 7.65. The molecule has 0 spiro atoms. The topological polar surface area (TPSA) is 120 Å². The molecule has 4 rings (SSSR count). The molecule has 0 aliphatic rings. The molecular formula is C22H18N4O4S. The van der Waals surface area contributed by atoms with Crippen LogP contribution in [0.1, 0.15) is 11.1 Å². The van der Waals surface area contributed by atoms with Gasteiger partial charge in [-0.1, -0.05) is 6.07 Å². The molecule has 0 aliphatic heterocycles. The minimum Gasteiger partial charge on any atom is -0.457 e. The van der Waals surface area contributed by atoms with Gasteiger partial charge in [-0.25, -0.2) is 8.93 Å². The summed E-state index contributed by atoms with van der Waals surface area (Å²) in [6.45, 7) is 0.176. The van der Waals surface area contributed by atoms with Crippen LogP contribution in [0.15, 0.2) is 65.7 Å². The summed E-state index contributed by atoms with van der Waals surface area (Å²) >= 11 is -2.14. The zero-order valence-electron chi connectivity index (χ0n) is 16.5. The maximum absolute atomic E-state index is 12.5. The summed E-state index contributed by atoms with van der Waals surface area (Å²) in [5, 5.41) is 9.73. The smallest absolute Gasteiger partial charge is 0.274 e. The standard InChI is InChI=1S/C22H18N4O4S/c1-26-13-19(17-8-9-24-21(17)22(26)27)18-10-15(12-25-31(28)29)4-7-20(18)30-16-5-2-14(11-23)3-6-16/h2-10,13,24-25H,12H2,1H3,(H,28,29). The van der Waals surface area contributed by atoms with Gasteiger partial charge < -0.3 is 14.3 Å². The van der Waals surface area contributed by atoms with Crippen LogP contribution in [-0.4, -0.2) is 18.3 Å². The molecule has 0 radical (unpaired) electrons. The lowest BCUT2D eigenvalue weighted by atomic mass is 10.0. The first-order valence-corrected chi connectivity index (χ1v) is 10.4. The molecule has 0 bridgehead atoms. The number of hydrogen-bond donors (Lipinski definition) is 3. The monoisotopic (exact) mass is 434 g/mol. The van der Waals surface area contributed by atoms with Gasteiger partial charge in [0.05, 0.1) is 11.6 Å². The highest BCUT2D eigenvalue weighted by molar-refractivity contribution is 7.77. The minimum absolute atomic E-state index is 0.146. The zero-order valence-corrected chi connectivity index (χ0v) is 17.3. The molecular weight excluding hydrogens is 416 g/mol. The van der Waals surface area contributed by atoms with Crippen LogP contribution in [0.3, 0.4) is 0 Å². The van der Waals surface area contributed by atoms with E-state index in [4.69, 9.17) is 14.6 Å². The predicted molar refractivity (Wildman–Crippen MR) is 118 cm³/mol. The van der Waals surface area contributed by atoms with Gasteiger partial charge in [-0.05, 0) is 48.0 Å². The molecule has 0 amide bonds. The van der Waals surface area contributed by atoms with E-state index in [0.717, 1.165) is 16.5 Å². The van der Waals surface area contributed by atoms with Crippen LogP contribution < -0.4 is 15.0 Å². The Morgan fingerprint density at radius 3 is 2.68 bits per heavy atom. The fourth-order valence-electron chi connectivity index (χ4n) is 3.34. The fraction of sp³-hybridized carbons (Fsp3) is 0.0909. The molecule has 0 saturated carbocycles. The van der Waals surface area contributed by atoms with Crippen molar-refractivity contribution in [2.24, 2.45) is 7.05 Å². The Balaban J connectivity index is 1.85. The van der Waals surface area contributed by atoms with Crippen molar-refractivity contribution >= 4 is 22.2 Å². The number of nitriles is 1. The Hall–Kier alpha value is -3.71. The molecule has 9 heteroatoms. The predicted octanol–water partition coefficient (Wildman–Crippen LogP) is 3.42. The van der Waals surface area contributed by atoms with E-state index in [0.29, 0.717) is 28.1 Å². The number of fused-ring (bicyclic) bond motifs is 1. The van der Waals surface area contributed by atoms with Crippen LogP contribution >= 0.6 is 0 Å². The highest BCUT2D eigenvalue weighted by Crippen LogP contribution is 2.37. The van der Waals surface area contributed by atoms with Gasteiger partial charge >= 0.3 is 0 Å². The van der Waals surface area contributed by atoms with Crippen LogP contribution in [0.4, 0.5) is 0 Å². The number of rotatable bonds is 6. The molecule has 8 nitrogen and oxygen atoms in total. The third-order valence-corrected chi connectivity index (χ3v) is 5.23. The van der Waals surface area contributed by atoms with E-state index < -0.39 is 11.3 Å². The Morgan fingerprint density at radius 2 is 1.97 bits per heavy atom. The number of aromatic amines is 1. The van der Waals surface area contributed by atoms with Crippen molar-refractivity contribution in [1.82, 2.24) is 14.3 Å². The number of ether oxygens (including phenoxy) is 1. The van der Waals surface area contributed by atoms with Gasteiger partial charge in [-0.2, -0.15) is 5.26 Å². The summed E-state index contributed by atoms with van der Waals surface area (Å²) in [5.41, 5.74) is 3.11. The van der Waals surface area contributed by atoms with E-state index in [1.807, 2.05) is 12.1 Å². The van der Waals surface area contributed by atoms with E-state index in [9.17, 15) is 9.00 Å². The van der Waals surface area contributed by atoms with Crippen LogP contribution in [0.25, 0.3) is 22.0 Å². The zero-order chi connectivity index (χ0) is 22.0. The van der Waals surface area contributed by atoms with E-state index in [2.05, 4.69) is 15.8 Å². The molecule has 2 aromatic heterocycles. The van der Waals surface area contributed by atoms with Crippen LogP contribution in [0.5, 0.6) is 11.5 Å². The van der Waals surface area contributed by atoms with Crippen molar-refractivity contribution in [2.45, 2.75) is 6.54 Å². The first-order chi connectivity index (χ1) is 15.0. The Morgan fingerprint density at radius 1 is 1.19 bits per heavy atom. The molecule has 1 atom stereocenters. The third-order valence-electron chi connectivity index (χ3n) is 4.84. The number of hydrogen-bond acceptors (Lipinski definition) is 4. The molecule has 31 heavy (non-hydrogen) atoms. The van der Waals surface area contributed by atoms with Gasteiger partial charge in [0.2, 0.25) is 11.3 Å². The normalized spacial score (nSPS) is 11.9. The SMILES string of the molecule is Cn1cc(-c2cc(CNS(=O)O)ccc2Oc2ccc(C#N)cc2)c2cc[nH]c2c1=O. The number of pyridine rings is 1.